The van der Waals surface area contributed by atoms with Gasteiger partial charge in [-0.3, -0.25) is 4.79 Å². The minimum Gasteiger partial charge on any atom is -0.496 e. The molecule has 0 amide bonds. The van der Waals surface area contributed by atoms with Crippen molar-refractivity contribution in [3.63, 3.8) is 0 Å². The SMILES string of the molecule is COc1cc(C(C)C)ccc1C(=O)C1(C#N)CCC1. The average Bonchev–Trinajstić information content (AvgIpc) is 2.37. The Morgan fingerprint density at radius 2 is 2.11 bits per heavy atom. The lowest BCUT2D eigenvalue weighted by atomic mass is 9.65. The first-order chi connectivity index (χ1) is 9.04. The van der Waals surface area contributed by atoms with Gasteiger partial charge in [0.1, 0.15) is 11.2 Å². The standard InChI is InChI=1S/C16H19NO2/c1-11(2)12-5-6-13(14(9-12)19-3)15(18)16(10-17)7-4-8-16/h5-6,9,11H,4,7-8H2,1-3H3. The molecule has 0 heterocycles. The number of nitriles is 1. The monoisotopic (exact) mass is 257 g/mol. The van der Waals surface area contributed by atoms with Crippen molar-refractivity contribution in [2.24, 2.45) is 5.41 Å². The molecule has 1 aromatic carbocycles. The molecule has 0 aromatic heterocycles. The highest BCUT2D eigenvalue weighted by Gasteiger charge is 2.45. The first kappa shape index (κ1) is 13.6. The van der Waals surface area contributed by atoms with Crippen molar-refractivity contribution in [2.75, 3.05) is 7.11 Å². The Labute approximate surface area is 114 Å². The minimum atomic E-state index is -0.813. The van der Waals surface area contributed by atoms with Gasteiger partial charge in [0, 0.05) is 0 Å². The Bertz CT molecular complexity index is 536. The fourth-order valence-electron chi connectivity index (χ4n) is 2.43. The van der Waals surface area contributed by atoms with Crippen LogP contribution >= 0.6 is 0 Å². The highest BCUT2D eigenvalue weighted by molar-refractivity contribution is 6.05. The number of hydrogen-bond acceptors (Lipinski definition) is 3. The van der Waals surface area contributed by atoms with Crippen LogP contribution in [0.3, 0.4) is 0 Å². The van der Waals surface area contributed by atoms with E-state index in [4.69, 9.17) is 4.74 Å². The Morgan fingerprint density at radius 1 is 1.42 bits per heavy atom. The van der Waals surface area contributed by atoms with Crippen molar-refractivity contribution >= 4 is 5.78 Å². The first-order valence-corrected chi connectivity index (χ1v) is 6.68. The van der Waals surface area contributed by atoms with Crippen molar-refractivity contribution in [3.8, 4) is 11.8 Å². The van der Waals surface area contributed by atoms with Crippen LogP contribution in [0.25, 0.3) is 0 Å². The van der Waals surface area contributed by atoms with Crippen molar-refractivity contribution < 1.29 is 9.53 Å². The van der Waals surface area contributed by atoms with Crippen LogP contribution in [-0.4, -0.2) is 12.9 Å². The van der Waals surface area contributed by atoms with Crippen LogP contribution in [-0.2, 0) is 0 Å². The number of methoxy groups -OCH3 is 1. The van der Waals surface area contributed by atoms with Crippen LogP contribution in [0.4, 0.5) is 0 Å². The second kappa shape index (κ2) is 5.05. The number of ketones is 1. The van der Waals surface area contributed by atoms with Gasteiger partial charge in [0.15, 0.2) is 5.78 Å². The summed E-state index contributed by atoms with van der Waals surface area (Å²) in [6.07, 6.45) is 2.28. The molecule has 19 heavy (non-hydrogen) atoms. The summed E-state index contributed by atoms with van der Waals surface area (Å²) in [5, 5.41) is 9.26. The lowest BCUT2D eigenvalue weighted by Crippen LogP contribution is -2.36. The molecule has 0 unspecified atom stereocenters. The summed E-state index contributed by atoms with van der Waals surface area (Å²) in [6.45, 7) is 4.19. The van der Waals surface area contributed by atoms with Gasteiger partial charge in [-0.1, -0.05) is 19.9 Å². The highest BCUT2D eigenvalue weighted by atomic mass is 16.5. The topological polar surface area (TPSA) is 50.1 Å². The molecule has 3 heteroatoms. The van der Waals surface area contributed by atoms with Gasteiger partial charge in [0.05, 0.1) is 18.7 Å². The Balaban J connectivity index is 2.40. The van der Waals surface area contributed by atoms with E-state index in [9.17, 15) is 10.1 Å². The van der Waals surface area contributed by atoms with E-state index < -0.39 is 5.41 Å². The third-order valence-corrected chi connectivity index (χ3v) is 3.99. The third kappa shape index (κ3) is 2.23. The summed E-state index contributed by atoms with van der Waals surface area (Å²) >= 11 is 0. The molecule has 0 bridgehead atoms. The maximum Gasteiger partial charge on any atom is 0.186 e. The van der Waals surface area contributed by atoms with Crippen LogP contribution in [0.15, 0.2) is 18.2 Å². The number of carbonyl (C=O) groups excluding carboxylic acids is 1. The van der Waals surface area contributed by atoms with Gasteiger partial charge in [-0.2, -0.15) is 5.26 Å². The van der Waals surface area contributed by atoms with Gasteiger partial charge in [0.25, 0.3) is 0 Å². The van der Waals surface area contributed by atoms with E-state index in [0.29, 0.717) is 30.1 Å². The van der Waals surface area contributed by atoms with Crippen LogP contribution in [0.1, 0.15) is 54.9 Å². The molecule has 1 aliphatic carbocycles. The minimum absolute atomic E-state index is 0.0894. The molecule has 0 saturated heterocycles. The van der Waals surface area contributed by atoms with Gasteiger partial charge in [-0.25, -0.2) is 0 Å². The quantitative estimate of drug-likeness (QED) is 0.773. The predicted octanol–water partition coefficient (Wildman–Crippen LogP) is 3.70. The summed E-state index contributed by atoms with van der Waals surface area (Å²) in [7, 11) is 1.57. The van der Waals surface area contributed by atoms with E-state index in [2.05, 4.69) is 19.9 Å². The largest absolute Gasteiger partial charge is 0.496 e. The molecule has 1 aliphatic rings. The van der Waals surface area contributed by atoms with E-state index in [1.807, 2.05) is 12.1 Å². The maximum absolute atomic E-state index is 12.5. The fourth-order valence-corrected chi connectivity index (χ4v) is 2.43. The van der Waals surface area contributed by atoms with Crippen LogP contribution < -0.4 is 4.74 Å². The molecular weight excluding hydrogens is 238 g/mol. The van der Waals surface area contributed by atoms with Gasteiger partial charge in [-0.05, 0) is 42.9 Å². The molecule has 0 radical (unpaired) electrons. The molecular formula is C16H19NO2. The number of nitrogens with zero attached hydrogens (tertiary/aromatic N) is 1. The van der Waals surface area contributed by atoms with Crippen molar-refractivity contribution in [3.05, 3.63) is 29.3 Å². The summed E-state index contributed by atoms with van der Waals surface area (Å²) in [4.78, 5) is 12.5. The molecule has 2 rings (SSSR count). The lowest BCUT2D eigenvalue weighted by Gasteiger charge is -2.33. The van der Waals surface area contributed by atoms with Gasteiger partial charge >= 0.3 is 0 Å². The Hall–Kier alpha value is -1.82. The Morgan fingerprint density at radius 3 is 2.53 bits per heavy atom. The summed E-state index contributed by atoms with van der Waals surface area (Å²) in [6, 6.07) is 7.85. The zero-order valence-corrected chi connectivity index (χ0v) is 11.7. The summed E-state index contributed by atoms with van der Waals surface area (Å²) < 4.78 is 5.34. The van der Waals surface area contributed by atoms with E-state index in [1.54, 1.807) is 13.2 Å². The zero-order chi connectivity index (χ0) is 14.0. The van der Waals surface area contributed by atoms with Gasteiger partial charge in [0.2, 0.25) is 0 Å². The smallest absolute Gasteiger partial charge is 0.186 e. The fraction of sp³-hybridized carbons (Fsp3) is 0.500. The zero-order valence-electron chi connectivity index (χ0n) is 11.7. The highest BCUT2D eigenvalue weighted by Crippen LogP contribution is 2.44. The van der Waals surface area contributed by atoms with Crippen LogP contribution in [0.5, 0.6) is 5.75 Å². The molecule has 1 saturated carbocycles. The molecule has 0 spiro atoms. The predicted molar refractivity (Wildman–Crippen MR) is 73.3 cm³/mol. The summed E-state index contributed by atoms with van der Waals surface area (Å²) in [5.74, 6) is 0.873. The molecule has 0 aliphatic heterocycles. The molecule has 3 nitrogen and oxygen atoms in total. The van der Waals surface area contributed by atoms with Crippen LogP contribution in [0, 0.1) is 16.7 Å². The second-order valence-electron chi connectivity index (χ2n) is 5.49. The third-order valence-electron chi connectivity index (χ3n) is 3.99. The molecule has 0 atom stereocenters. The Kier molecular flexibility index (Phi) is 3.61. The number of carbonyl (C=O) groups is 1. The van der Waals surface area contributed by atoms with Crippen molar-refractivity contribution in [1.82, 2.24) is 0 Å². The molecule has 1 aromatic rings. The maximum atomic E-state index is 12.5. The number of ether oxygens (including phenoxy) is 1. The van der Waals surface area contributed by atoms with E-state index in [1.165, 1.54) is 0 Å². The van der Waals surface area contributed by atoms with Gasteiger partial charge in [-0.15, -0.1) is 0 Å². The van der Waals surface area contributed by atoms with Gasteiger partial charge < -0.3 is 4.74 Å². The number of Topliss-reactive ketones (excluding diaryl/α,β-unsaturated/α-hetero) is 1. The normalized spacial score (nSPS) is 16.6. The number of hydrogen-bond donors (Lipinski definition) is 0. The molecule has 1 fully saturated rings. The van der Waals surface area contributed by atoms with E-state index in [0.717, 1.165) is 12.0 Å². The number of benzene rings is 1. The van der Waals surface area contributed by atoms with Crippen molar-refractivity contribution in [2.45, 2.75) is 39.0 Å². The van der Waals surface area contributed by atoms with Crippen molar-refractivity contribution in [1.29, 1.82) is 5.26 Å². The molecule has 0 N–H and O–H groups in total. The first-order valence-electron chi connectivity index (χ1n) is 6.68. The number of rotatable bonds is 4. The van der Waals surface area contributed by atoms with Crippen LogP contribution in [0.2, 0.25) is 0 Å². The van der Waals surface area contributed by atoms with E-state index in [-0.39, 0.29) is 5.78 Å². The average molecular weight is 257 g/mol. The second-order valence-corrected chi connectivity index (χ2v) is 5.49. The molecule has 100 valence electrons. The lowest BCUT2D eigenvalue weighted by molar-refractivity contribution is 0.0745. The summed E-state index contributed by atoms with van der Waals surface area (Å²) in [5.41, 5.74) is 0.855. The van der Waals surface area contributed by atoms with E-state index >= 15 is 0 Å².